The van der Waals surface area contributed by atoms with E-state index in [1.54, 1.807) is 6.26 Å². The van der Waals surface area contributed by atoms with Crippen LogP contribution in [-0.4, -0.2) is 22.4 Å². The van der Waals surface area contributed by atoms with Crippen molar-refractivity contribution in [3.8, 4) is 0 Å². The van der Waals surface area contributed by atoms with Gasteiger partial charge in [0.2, 0.25) is 0 Å². The number of hydrogen-bond acceptors (Lipinski definition) is 3. The van der Waals surface area contributed by atoms with Gasteiger partial charge in [-0.2, -0.15) is 0 Å². The summed E-state index contributed by atoms with van der Waals surface area (Å²) in [6.45, 7) is 0. The number of aliphatic hydroxyl groups excluding tert-OH is 1. The summed E-state index contributed by atoms with van der Waals surface area (Å²) in [5, 5.41) is 17.6. The lowest BCUT2D eigenvalue weighted by molar-refractivity contribution is -0.146. The Bertz CT molecular complexity index is 354. The first-order valence-corrected chi connectivity index (χ1v) is 5.03. The predicted molar refractivity (Wildman–Crippen MR) is 50.8 cm³/mol. The van der Waals surface area contributed by atoms with Crippen molar-refractivity contribution in [3.63, 3.8) is 0 Å². The van der Waals surface area contributed by atoms with Gasteiger partial charge in [0.15, 0.2) is 6.10 Å². The van der Waals surface area contributed by atoms with Crippen LogP contribution >= 0.6 is 11.8 Å². The molecule has 3 nitrogen and oxygen atoms in total. The van der Waals surface area contributed by atoms with Crippen molar-refractivity contribution >= 4 is 17.7 Å². The van der Waals surface area contributed by atoms with Crippen LogP contribution in [0.2, 0.25) is 0 Å². The molecule has 0 aliphatic heterocycles. The van der Waals surface area contributed by atoms with Crippen LogP contribution in [0.5, 0.6) is 0 Å². The molecule has 0 amide bonds. The normalized spacial score (nSPS) is 12.5. The van der Waals surface area contributed by atoms with Crippen LogP contribution in [0.1, 0.15) is 11.7 Å². The zero-order valence-electron chi connectivity index (χ0n) is 7.40. The number of thioether (sulfide) groups is 1. The fourth-order valence-corrected chi connectivity index (χ4v) is 1.45. The molecule has 0 saturated heterocycles. The zero-order valence-corrected chi connectivity index (χ0v) is 8.21. The monoisotopic (exact) mass is 216 g/mol. The van der Waals surface area contributed by atoms with Crippen LogP contribution in [0.25, 0.3) is 0 Å². The predicted octanol–water partition coefficient (Wildman–Crippen LogP) is 1.67. The summed E-state index contributed by atoms with van der Waals surface area (Å²) in [5.41, 5.74) is 0.0489. The SMILES string of the molecule is CSc1ccc(C(O)C(=O)O)cc1F. The Labute approximate surface area is 84.6 Å². The van der Waals surface area contributed by atoms with E-state index >= 15 is 0 Å². The lowest BCUT2D eigenvalue weighted by Gasteiger charge is -2.07. The Kier molecular flexibility index (Phi) is 3.49. The molecular formula is C9H9FO3S. The molecule has 0 spiro atoms. The molecule has 1 rings (SSSR count). The molecule has 0 saturated carbocycles. The highest BCUT2D eigenvalue weighted by molar-refractivity contribution is 7.98. The van der Waals surface area contributed by atoms with Crippen molar-refractivity contribution in [3.05, 3.63) is 29.6 Å². The molecule has 0 bridgehead atoms. The highest BCUT2D eigenvalue weighted by atomic mass is 32.2. The molecule has 1 atom stereocenters. The van der Waals surface area contributed by atoms with Gasteiger partial charge in [0.1, 0.15) is 5.82 Å². The highest BCUT2D eigenvalue weighted by Crippen LogP contribution is 2.23. The first kappa shape index (κ1) is 11.0. The lowest BCUT2D eigenvalue weighted by atomic mass is 10.1. The van der Waals surface area contributed by atoms with E-state index in [-0.39, 0.29) is 5.56 Å². The number of rotatable bonds is 3. The van der Waals surface area contributed by atoms with Crippen molar-refractivity contribution in [2.45, 2.75) is 11.0 Å². The largest absolute Gasteiger partial charge is 0.479 e. The fraction of sp³-hybridized carbons (Fsp3) is 0.222. The van der Waals surface area contributed by atoms with Gasteiger partial charge in [0.05, 0.1) is 0 Å². The van der Waals surface area contributed by atoms with Crippen molar-refractivity contribution in [1.29, 1.82) is 0 Å². The molecule has 1 aromatic rings. The smallest absolute Gasteiger partial charge is 0.337 e. The molecule has 76 valence electrons. The summed E-state index contributed by atoms with van der Waals surface area (Å²) < 4.78 is 13.1. The molecule has 0 heterocycles. The second-order valence-electron chi connectivity index (χ2n) is 2.63. The standard InChI is InChI=1S/C9H9FO3S/c1-14-7-3-2-5(4-6(7)10)8(11)9(12)13/h2-4,8,11H,1H3,(H,12,13). The Balaban J connectivity index is 3.02. The van der Waals surface area contributed by atoms with Gasteiger partial charge in [-0.25, -0.2) is 9.18 Å². The first-order valence-electron chi connectivity index (χ1n) is 3.80. The van der Waals surface area contributed by atoms with E-state index in [0.717, 1.165) is 6.07 Å². The van der Waals surface area contributed by atoms with Crippen LogP contribution in [0.3, 0.4) is 0 Å². The summed E-state index contributed by atoms with van der Waals surface area (Å²) in [5.74, 6) is -1.91. The van der Waals surface area contributed by atoms with Gasteiger partial charge in [-0.15, -0.1) is 11.8 Å². The van der Waals surface area contributed by atoms with Crippen molar-refractivity contribution in [2.24, 2.45) is 0 Å². The quantitative estimate of drug-likeness (QED) is 0.754. The maximum atomic E-state index is 13.1. The second-order valence-corrected chi connectivity index (χ2v) is 3.48. The summed E-state index contributed by atoms with van der Waals surface area (Å²) in [7, 11) is 0. The Morgan fingerprint density at radius 1 is 1.57 bits per heavy atom. The van der Waals surface area contributed by atoms with Gasteiger partial charge in [0.25, 0.3) is 0 Å². The van der Waals surface area contributed by atoms with Gasteiger partial charge in [-0.05, 0) is 24.0 Å². The van der Waals surface area contributed by atoms with Crippen LogP contribution in [-0.2, 0) is 4.79 Å². The number of aliphatic hydroxyl groups is 1. The zero-order chi connectivity index (χ0) is 10.7. The summed E-state index contributed by atoms with van der Waals surface area (Å²) >= 11 is 1.22. The molecule has 14 heavy (non-hydrogen) atoms. The minimum atomic E-state index is -1.67. The number of benzene rings is 1. The minimum Gasteiger partial charge on any atom is -0.479 e. The van der Waals surface area contributed by atoms with Gasteiger partial charge >= 0.3 is 5.97 Å². The van der Waals surface area contributed by atoms with Crippen LogP contribution < -0.4 is 0 Å². The van der Waals surface area contributed by atoms with Gasteiger partial charge < -0.3 is 10.2 Å². The van der Waals surface area contributed by atoms with E-state index in [1.807, 2.05) is 0 Å². The van der Waals surface area contributed by atoms with Crippen LogP contribution in [0.4, 0.5) is 4.39 Å². The molecule has 0 aliphatic rings. The summed E-state index contributed by atoms with van der Waals surface area (Å²) in [6.07, 6.45) is 0.0477. The molecule has 5 heteroatoms. The van der Waals surface area contributed by atoms with Crippen molar-refractivity contribution in [2.75, 3.05) is 6.26 Å². The Morgan fingerprint density at radius 2 is 2.21 bits per heavy atom. The maximum Gasteiger partial charge on any atom is 0.337 e. The number of halogens is 1. The number of carbonyl (C=O) groups is 1. The number of carboxylic acid groups (broad SMARTS) is 1. The van der Waals surface area contributed by atoms with E-state index in [1.165, 1.54) is 23.9 Å². The van der Waals surface area contributed by atoms with E-state index in [2.05, 4.69) is 0 Å². The molecule has 0 fully saturated rings. The number of hydrogen-bond donors (Lipinski definition) is 2. The van der Waals surface area contributed by atoms with Crippen molar-refractivity contribution in [1.82, 2.24) is 0 Å². The fourth-order valence-electron chi connectivity index (χ4n) is 0.995. The average Bonchev–Trinajstić information content (AvgIpc) is 2.16. The second kappa shape index (κ2) is 4.43. The van der Waals surface area contributed by atoms with Gasteiger partial charge in [-0.1, -0.05) is 6.07 Å². The average molecular weight is 216 g/mol. The molecule has 0 aromatic heterocycles. The molecule has 0 radical (unpaired) electrons. The van der Waals surface area contributed by atoms with E-state index in [0.29, 0.717) is 4.90 Å². The molecule has 2 N–H and O–H groups in total. The molecule has 1 aromatic carbocycles. The van der Waals surface area contributed by atoms with Gasteiger partial charge in [-0.3, -0.25) is 0 Å². The Hall–Kier alpha value is -1.07. The maximum absolute atomic E-state index is 13.1. The number of carboxylic acids is 1. The topological polar surface area (TPSA) is 57.5 Å². The molecule has 1 unspecified atom stereocenters. The van der Waals surface area contributed by atoms with Crippen molar-refractivity contribution < 1.29 is 19.4 Å². The van der Waals surface area contributed by atoms with Crippen LogP contribution in [0.15, 0.2) is 23.1 Å². The van der Waals surface area contributed by atoms with E-state index in [4.69, 9.17) is 10.2 Å². The van der Waals surface area contributed by atoms with E-state index < -0.39 is 17.9 Å². The third-order valence-electron chi connectivity index (χ3n) is 1.73. The molecular weight excluding hydrogens is 207 g/mol. The third kappa shape index (κ3) is 2.24. The Morgan fingerprint density at radius 3 is 2.64 bits per heavy atom. The summed E-state index contributed by atoms with van der Waals surface area (Å²) in [4.78, 5) is 10.8. The van der Waals surface area contributed by atoms with Crippen LogP contribution in [0, 0.1) is 5.82 Å². The third-order valence-corrected chi connectivity index (χ3v) is 2.50. The summed E-state index contributed by atoms with van der Waals surface area (Å²) in [6, 6.07) is 3.87. The molecule has 0 aliphatic carbocycles. The van der Waals surface area contributed by atoms with Gasteiger partial charge in [0, 0.05) is 4.90 Å². The highest BCUT2D eigenvalue weighted by Gasteiger charge is 2.17. The van der Waals surface area contributed by atoms with E-state index in [9.17, 15) is 9.18 Å². The number of aliphatic carboxylic acids is 1. The minimum absolute atomic E-state index is 0.0489. The first-order chi connectivity index (χ1) is 6.56. The lowest BCUT2D eigenvalue weighted by Crippen LogP contribution is -2.10.